The maximum Gasteiger partial charge on any atom is 0.327 e. The number of hydrogen-bond donors (Lipinski definition) is 1. The van der Waals surface area contributed by atoms with E-state index >= 15 is 0 Å². The summed E-state index contributed by atoms with van der Waals surface area (Å²) in [6.07, 6.45) is 4.06. The van der Waals surface area contributed by atoms with Gasteiger partial charge in [0.25, 0.3) is 0 Å². The van der Waals surface area contributed by atoms with Crippen LogP contribution in [-0.4, -0.2) is 32.7 Å². The molecule has 1 atom stereocenters. The van der Waals surface area contributed by atoms with E-state index in [1.165, 1.54) is 6.07 Å². The number of para-hydroxylation sites is 1. The SMILES string of the molecule is Cn1ccnc1C(O)C1CCN(c2cccc(F)c2[N+](=O)[O-])CC1. The Hall–Kier alpha value is -2.48. The molecule has 1 aromatic heterocycles. The number of anilines is 1. The van der Waals surface area contributed by atoms with Gasteiger partial charge in [-0.1, -0.05) is 6.07 Å². The highest BCUT2D eigenvalue weighted by atomic mass is 19.1. The molecule has 0 aliphatic carbocycles. The fourth-order valence-electron chi connectivity index (χ4n) is 3.27. The first-order valence-corrected chi connectivity index (χ1v) is 7.82. The molecular formula is C16H19FN4O3. The Bertz CT molecular complexity index is 741. The van der Waals surface area contributed by atoms with Gasteiger partial charge in [0, 0.05) is 32.5 Å². The zero-order valence-electron chi connectivity index (χ0n) is 13.3. The number of rotatable bonds is 4. The summed E-state index contributed by atoms with van der Waals surface area (Å²) in [5.41, 5.74) is -0.189. The molecule has 1 fully saturated rings. The van der Waals surface area contributed by atoms with Crippen LogP contribution < -0.4 is 4.90 Å². The number of halogens is 1. The number of aryl methyl sites for hydroxylation is 1. The van der Waals surface area contributed by atoms with Gasteiger partial charge in [0.1, 0.15) is 17.6 Å². The molecule has 8 heteroatoms. The van der Waals surface area contributed by atoms with Gasteiger partial charge in [0.15, 0.2) is 0 Å². The number of aliphatic hydroxyl groups is 1. The summed E-state index contributed by atoms with van der Waals surface area (Å²) >= 11 is 0. The minimum atomic E-state index is -0.826. The summed E-state index contributed by atoms with van der Waals surface area (Å²) in [5.74, 6) is -0.187. The Morgan fingerprint density at radius 3 is 2.71 bits per heavy atom. The van der Waals surface area contributed by atoms with Gasteiger partial charge in [0.05, 0.1) is 4.92 Å². The maximum atomic E-state index is 13.8. The highest BCUT2D eigenvalue weighted by Gasteiger charge is 2.31. The Kier molecular flexibility index (Phi) is 4.48. The quantitative estimate of drug-likeness (QED) is 0.686. The number of nitrogens with zero attached hydrogens (tertiary/aromatic N) is 4. The molecule has 0 amide bonds. The van der Waals surface area contributed by atoms with E-state index in [1.54, 1.807) is 23.0 Å². The summed E-state index contributed by atoms with van der Waals surface area (Å²) < 4.78 is 15.6. The molecule has 128 valence electrons. The van der Waals surface area contributed by atoms with Crippen molar-refractivity contribution in [2.75, 3.05) is 18.0 Å². The number of nitro benzene ring substituents is 1. The van der Waals surface area contributed by atoms with E-state index in [4.69, 9.17) is 0 Å². The number of hydrogen-bond acceptors (Lipinski definition) is 5. The maximum absolute atomic E-state index is 13.8. The van der Waals surface area contributed by atoms with Crippen molar-refractivity contribution in [2.24, 2.45) is 13.0 Å². The van der Waals surface area contributed by atoms with E-state index in [1.807, 2.05) is 11.9 Å². The van der Waals surface area contributed by atoms with E-state index in [0.29, 0.717) is 37.4 Å². The molecule has 0 saturated carbocycles. The molecule has 7 nitrogen and oxygen atoms in total. The molecule has 2 heterocycles. The summed E-state index contributed by atoms with van der Waals surface area (Å²) in [4.78, 5) is 16.4. The lowest BCUT2D eigenvalue weighted by Gasteiger charge is -2.35. The molecule has 1 aliphatic rings. The van der Waals surface area contributed by atoms with Gasteiger partial charge in [0.2, 0.25) is 5.82 Å². The van der Waals surface area contributed by atoms with Crippen LogP contribution in [0, 0.1) is 21.8 Å². The summed E-state index contributed by atoms with van der Waals surface area (Å²) in [7, 11) is 1.83. The van der Waals surface area contributed by atoms with Crippen molar-refractivity contribution in [2.45, 2.75) is 18.9 Å². The second-order valence-corrected chi connectivity index (χ2v) is 6.03. The zero-order valence-corrected chi connectivity index (χ0v) is 13.3. The number of nitro groups is 1. The van der Waals surface area contributed by atoms with Crippen LogP contribution in [0.2, 0.25) is 0 Å². The molecule has 0 spiro atoms. The van der Waals surface area contributed by atoms with E-state index in [2.05, 4.69) is 4.98 Å². The van der Waals surface area contributed by atoms with E-state index in [9.17, 15) is 19.6 Å². The van der Waals surface area contributed by atoms with Crippen molar-refractivity contribution < 1.29 is 14.4 Å². The number of imidazole rings is 1. The fraction of sp³-hybridized carbons (Fsp3) is 0.438. The van der Waals surface area contributed by atoms with Gasteiger partial charge in [-0.25, -0.2) is 4.98 Å². The Labute approximate surface area is 138 Å². The van der Waals surface area contributed by atoms with Gasteiger partial charge < -0.3 is 14.6 Å². The highest BCUT2D eigenvalue weighted by molar-refractivity contribution is 5.64. The first-order chi connectivity index (χ1) is 11.5. The van der Waals surface area contributed by atoms with Crippen LogP contribution in [-0.2, 0) is 7.05 Å². The van der Waals surface area contributed by atoms with Crippen molar-refractivity contribution in [1.82, 2.24) is 9.55 Å². The first kappa shape index (κ1) is 16.4. The number of benzene rings is 1. The van der Waals surface area contributed by atoms with Crippen molar-refractivity contribution in [3.63, 3.8) is 0 Å². The van der Waals surface area contributed by atoms with Crippen molar-refractivity contribution in [1.29, 1.82) is 0 Å². The number of piperidine rings is 1. The van der Waals surface area contributed by atoms with Gasteiger partial charge in [-0.05, 0) is 30.9 Å². The second kappa shape index (κ2) is 6.56. The number of aliphatic hydroxyl groups excluding tert-OH is 1. The van der Waals surface area contributed by atoms with Crippen molar-refractivity contribution in [3.8, 4) is 0 Å². The summed E-state index contributed by atoms with van der Waals surface area (Å²) in [5, 5.41) is 21.6. The molecule has 1 saturated heterocycles. The van der Waals surface area contributed by atoms with E-state index in [-0.39, 0.29) is 5.92 Å². The molecule has 3 rings (SSSR count). The van der Waals surface area contributed by atoms with Crippen LogP contribution in [0.4, 0.5) is 15.8 Å². The molecule has 1 unspecified atom stereocenters. The molecule has 1 N–H and O–H groups in total. The largest absolute Gasteiger partial charge is 0.385 e. The molecule has 0 bridgehead atoms. The Morgan fingerprint density at radius 2 is 2.12 bits per heavy atom. The lowest BCUT2D eigenvalue weighted by molar-refractivity contribution is -0.386. The summed E-state index contributed by atoms with van der Waals surface area (Å²) in [6.45, 7) is 1.05. The normalized spacial score (nSPS) is 17.0. The minimum Gasteiger partial charge on any atom is -0.385 e. The average molecular weight is 334 g/mol. The van der Waals surface area contributed by atoms with Crippen LogP contribution in [0.1, 0.15) is 24.8 Å². The monoisotopic (exact) mass is 334 g/mol. The minimum absolute atomic E-state index is 0.0231. The van der Waals surface area contributed by atoms with Crippen LogP contribution in [0.5, 0.6) is 0 Å². The molecular weight excluding hydrogens is 315 g/mol. The topological polar surface area (TPSA) is 84.4 Å². The van der Waals surface area contributed by atoms with E-state index in [0.717, 1.165) is 6.07 Å². The third kappa shape index (κ3) is 2.96. The predicted molar refractivity (Wildman–Crippen MR) is 86.2 cm³/mol. The van der Waals surface area contributed by atoms with Crippen molar-refractivity contribution >= 4 is 11.4 Å². The zero-order chi connectivity index (χ0) is 17.3. The van der Waals surface area contributed by atoms with E-state index < -0.39 is 22.5 Å². The molecule has 0 radical (unpaired) electrons. The lowest BCUT2D eigenvalue weighted by atomic mass is 9.90. The molecule has 1 aliphatic heterocycles. The second-order valence-electron chi connectivity index (χ2n) is 6.03. The van der Waals surface area contributed by atoms with Gasteiger partial charge in [-0.2, -0.15) is 4.39 Å². The highest BCUT2D eigenvalue weighted by Crippen LogP contribution is 2.36. The summed E-state index contributed by atoms with van der Waals surface area (Å²) in [6, 6.07) is 4.14. The average Bonchev–Trinajstić information content (AvgIpc) is 3.00. The van der Waals surface area contributed by atoms with Gasteiger partial charge >= 0.3 is 5.69 Å². The van der Waals surface area contributed by atoms with Gasteiger partial charge in [-0.3, -0.25) is 10.1 Å². The third-order valence-electron chi connectivity index (χ3n) is 4.60. The molecule has 24 heavy (non-hydrogen) atoms. The number of aromatic nitrogens is 2. The molecule has 1 aromatic carbocycles. The standard InChI is InChI=1S/C16H19FN4O3/c1-19-10-7-18-16(19)15(22)11-5-8-20(9-6-11)13-4-2-3-12(17)14(13)21(23)24/h2-4,7,10-11,15,22H,5-6,8-9H2,1H3. The van der Waals surface area contributed by atoms with Crippen molar-refractivity contribution in [3.05, 3.63) is 52.3 Å². The van der Waals surface area contributed by atoms with Gasteiger partial charge in [-0.15, -0.1) is 0 Å². The van der Waals surface area contributed by atoms with Crippen LogP contribution >= 0.6 is 0 Å². The lowest BCUT2D eigenvalue weighted by Crippen LogP contribution is -2.36. The fourth-order valence-corrected chi connectivity index (χ4v) is 3.27. The molecule has 2 aromatic rings. The van der Waals surface area contributed by atoms with Crippen LogP contribution in [0.15, 0.2) is 30.6 Å². The predicted octanol–water partition coefficient (Wildman–Crippen LogP) is 2.42. The van der Waals surface area contributed by atoms with Crippen LogP contribution in [0.3, 0.4) is 0 Å². The first-order valence-electron chi connectivity index (χ1n) is 7.82. The van der Waals surface area contributed by atoms with Crippen LogP contribution in [0.25, 0.3) is 0 Å². The smallest absolute Gasteiger partial charge is 0.327 e. The Balaban J connectivity index is 1.73. The third-order valence-corrected chi connectivity index (χ3v) is 4.60. The Morgan fingerprint density at radius 1 is 1.42 bits per heavy atom.